The van der Waals surface area contributed by atoms with Crippen molar-refractivity contribution in [2.45, 2.75) is 76.9 Å². The van der Waals surface area contributed by atoms with Crippen LogP contribution in [0.3, 0.4) is 0 Å². The average Bonchev–Trinajstić information content (AvgIpc) is 2.68. The number of carbonyl (C=O) groups excluding carboxylic acids is 2. The standard InChI is InChI=1S/C21H32N2O5/c1-15(2)20(24)26-11-12-27-21(25)23-18-7-3-16(4-8-18)13-17-5-9-19(10-6-17)28-14-22/h16-19H,1,3-13H2,2H3,(H,23,25). The van der Waals surface area contributed by atoms with E-state index in [-0.39, 0.29) is 25.4 Å². The molecule has 7 nitrogen and oxygen atoms in total. The Balaban J connectivity index is 1.54. The number of nitrogens with zero attached hydrogens (tertiary/aromatic N) is 1. The molecule has 1 amide bonds. The van der Waals surface area contributed by atoms with Gasteiger partial charge in [0.1, 0.15) is 19.3 Å². The van der Waals surface area contributed by atoms with E-state index in [9.17, 15) is 9.59 Å². The van der Waals surface area contributed by atoms with Gasteiger partial charge in [-0.2, -0.15) is 5.26 Å². The molecule has 0 atom stereocenters. The zero-order valence-electron chi connectivity index (χ0n) is 16.8. The smallest absolute Gasteiger partial charge is 0.407 e. The molecule has 2 saturated carbocycles. The number of esters is 1. The summed E-state index contributed by atoms with van der Waals surface area (Å²) in [5, 5.41) is 11.5. The number of nitriles is 1. The first-order valence-corrected chi connectivity index (χ1v) is 10.3. The first kappa shape index (κ1) is 22.1. The largest absolute Gasteiger partial charge is 0.459 e. The van der Waals surface area contributed by atoms with Crippen molar-refractivity contribution < 1.29 is 23.8 Å². The molecule has 7 heteroatoms. The molecule has 0 bridgehead atoms. The molecule has 2 fully saturated rings. The molecule has 0 aromatic rings. The second-order valence-electron chi connectivity index (χ2n) is 8.00. The van der Waals surface area contributed by atoms with Gasteiger partial charge in [-0.3, -0.25) is 0 Å². The summed E-state index contributed by atoms with van der Waals surface area (Å²) in [5.41, 5.74) is 0.324. The Morgan fingerprint density at radius 3 is 2.14 bits per heavy atom. The third kappa shape index (κ3) is 7.79. The van der Waals surface area contributed by atoms with Crippen molar-refractivity contribution in [1.29, 1.82) is 5.26 Å². The van der Waals surface area contributed by atoms with E-state index in [1.165, 1.54) is 6.42 Å². The van der Waals surface area contributed by atoms with Crippen molar-refractivity contribution in [3.63, 3.8) is 0 Å². The predicted molar refractivity (Wildman–Crippen MR) is 103 cm³/mol. The third-order valence-electron chi connectivity index (χ3n) is 5.75. The zero-order chi connectivity index (χ0) is 20.4. The first-order chi connectivity index (χ1) is 13.5. The Morgan fingerprint density at radius 2 is 1.57 bits per heavy atom. The van der Waals surface area contributed by atoms with Gasteiger partial charge in [-0.1, -0.05) is 6.58 Å². The summed E-state index contributed by atoms with van der Waals surface area (Å²) >= 11 is 0. The minimum absolute atomic E-state index is 0.0352. The fourth-order valence-electron chi connectivity index (χ4n) is 4.17. The van der Waals surface area contributed by atoms with E-state index in [0.29, 0.717) is 11.5 Å². The van der Waals surface area contributed by atoms with E-state index in [4.69, 9.17) is 19.5 Å². The summed E-state index contributed by atoms with van der Waals surface area (Å²) in [5.74, 6) is 0.974. The number of hydrogen-bond donors (Lipinski definition) is 1. The van der Waals surface area contributed by atoms with Crippen LogP contribution in [0.25, 0.3) is 0 Å². The highest BCUT2D eigenvalue weighted by Crippen LogP contribution is 2.36. The Bertz CT molecular complexity index is 570. The van der Waals surface area contributed by atoms with Gasteiger partial charge in [-0.15, -0.1) is 0 Å². The minimum Gasteiger partial charge on any atom is -0.459 e. The van der Waals surface area contributed by atoms with Gasteiger partial charge in [0.25, 0.3) is 6.26 Å². The summed E-state index contributed by atoms with van der Waals surface area (Å²) in [6, 6.07) is 0.154. The molecule has 0 aromatic carbocycles. The van der Waals surface area contributed by atoms with Gasteiger partial charge in [0, 0.05) is 11.6 Å². The first-order valence-electron chi connectivity index (χ1n) is 10.3. The van der Waals surface area contributed by atoms with Crippen molar-refractivity contribution in [1.82, 2.24) is 5.32 Å². The Labute approximate surface area is 167 Å². The van der Waals surface area contributed by atoms with Gasteiger partial charge in [-0.05, 0) is 76.5 Å². The van der Waals surface area contributed by atoms with Crippen LogP contribution in [0.5, 0.6) is 0 Å². The van der Waals surface area contributed by atoms with E-state index in [1.54, 1.807) is 6.92 Å². The molecule has 0 spiro atoms. The fourth-order valence-corrected chi connectivity index (χ4v) is 4.17. The lowest BCUT2D eigenvalue weighted by Gasteiger charge is -2.33. The van der Waals surface area contributed by atoms with Crippen LogP contribution in [-0.4, -0.2) is 37.4 Å². The molecule has 0 radical (unpaired) electrons. The van der Waals surface area contributed by atoms with Crippen molar-refractivity contribution in [2.24, 2.45) is 11.8 Å². The highest BCUT2D eigenvalue weighted by atomic mass is 16.6. The monoisotopic (exact) mass is 392 g/mol. The van der Waals surface area contributed by atoms with Crippen LogP contribution >= 0.6 is 0 Å². The SMILES string of the molecule is C=C(C)C(=O)OCCOC(=O)NC1CCC(CC2CCC(OC#N)CC2)CC1. The Hall–Kier alpha value is -2.23. The molecule has 0 saturated heterocycles. The van der Waals surface area contributed by atoms with Crippen LogP contribution in [-0.2, 0) is 19.0 Å². The molecule has 2 aliphatic carbocycles. The lowest BCUT2D eigenvalue weighted by molar-refractivity contribution is -0.139. The quantitative estimate of drug-likeness (QED) is 0.292. The lowest BCUT2D eigenvalue weighted by atomic mass is 9.76. The van der Waals surface area contributed by atoms with Crippen LogP contribution in [0.2, 0.25) is 0 Å². The van der Waals surface area contributed by atoms with Crippen LogP contribution in [0.1, 0.15) is 64.7 Å². The van der Waals surface area contributed by atoms with Crippen molar-refractivity contribution in [3.8, 4) is 6.26 Å². The van der Waals surface area contributed by atoms with Gasteiger partial charge in [0.2, 0.25) is 0 Å². The molecule has 28 heavy (non-hydrogen) atoms. The second kappa shape index (κ2) is 11.6. The van der Waals surface area contributed by atoms with E-state index in [0.717, 1.165) is 57.3 Å². The molecule has 0 heterocycles. The van der Waals surface area contributed by atoms with Gasteiger partial charge >= 0.3 is 12.1 Å². The average molecular weight is 392 g/mol. The van der Waals surface area contributed by atoms with Crippen LogP contribution in [0.4, 0.5) is 4.79 Å². The third-order valence-corrected chi connectivity index (χ3v) is 5.75. The molecule has 0 unspecified atom stereocenters. The number of hydrogen-bond acceptors (Lipinski definition) is 6. The molecular formula is C21H32N2O5. The second-order valence-corrected chi connectivity index (χ2v) is 8.00. The molecule has 2 rings (SSSR count). The molecular weight excluding hydrogens is 360 g/mol. The summed E-state index contributed by atoms with van der Waals surface area (Å²) in [4.78, 5) is 23.1. The fraction of sp³-hybridized carbons (Fsp3) is 0.762. The van der Waals surface area contributed by atoms with Crippen LogP contribution in [0.15, 0.2) is 12.2 Å². The summed E-state index contributed by atoms with van der Waals surface area (Å²) in [7, 11) is 0. The van der Waals surface area contributed by atoms with Crippen molar-refractivity contribution in [3.05, 3.63) is 12.2 Å². The number of nitrogens with one attached hydrogen (secondary N) is 1. The molecule has 0 aliphatic heterocycles. The summed E-state index contributed by atoms with van der Waals surface area (Å²) in [6.07, 6.45) is 11.2. The molecule has 1 N–H and O–H groups in total. The zero-order valence-corrected chi connectivity index (χ0v) is 16.8. The van der Waals surface area contributed by atoms with Gasteiger partial charge in [0.05, 0.1) is 0 Å². The number of alkyl carbamates (subject to hydrolysis) is 1. The maximum Gasteiger partial charge on any atom is 0.407 e. The highest BCUT2D eigenvalue weighted by Gasteiger charge is 2.28. The predicted octanol–water partition coefficient (Wildman–Crippen LogP) is 3.84. The Morgan fingerprint density at radius 1 is 1.00 bits per heavy atom. The van der Waals surface area contributed by atoms with Gasteiger partial charge in [0.15, 0.2) is 0 Å². The molecule has 2 aliphatic rings. The topological polar surface area (TPSA) is 97.7 Å². The van der Waals surface area contributed by atoms with Crippen LogP contribution in [0, 0.1) is 23.4 Å². The van der Waals surface area contributed by atoms with Gasteiger partial charge < -0.3 is 19.5 Å². The summed E-state index contributed by atoms with van der Waals surface area (Å²) in [6.45, 7) is 5.13. The van der Waals surface area contributed by atoms with Crippen LogP contribution < -0.4 is 5.32 Å². The number of amides is 1. The lowest BCUT2D eigenvalue weighted by Crippen LogP contribution is -2.38. The maximum absolute atomic E-state index is 11.8. The number of rotatable bonds is 8. The summed E-state index contributed by atoms with van der Waals surface area (Å²) < 4.78 is 15.0. The van der Waals surface area contributed by atoms with E-state index < -0.39 is 12.1 Å². The van der Waals surface area contributed by atoms with Crippen molar-refractivity contribution >= 4 is 12.1 Å². The normalized spacial score (nSPS) is 27.1. The minimum atomic E-state index is -0.478. The van der Waals surface area contributed by atoms with E-state index in [1.807, 2.05) is 6.26 Å². The van der Waals surface area contributed by atoms with E-state index in [2.05, 4.69) is 11.9 Å². The molecule has 156 valence electrons. The number of ether oxygens (including phenoxy) is 3. The highest BCUT2D eigenvalue weighted by molar-refractivity contribution is 5.86. The maximum atomic E-state index is 11.8. The van der Waals surface area contributed by atoms with E-state index >= 15 is 0 Å². The number of carbonyl (C=O) groups is 2. The molecule has 0 aromatic heterocycles. The van der Waals surface area contributed by atoms with Gasteiger partial charge in [-0.25, -0.2) is 9.59 Å². The van der Waals surface area contributed by atoms with Crippen molar-refractivity contribution in [2.75, 3.05) is 13.2 Å². The Kier molecular flexibility index (Phi) is 9.12.